The van der Waals surface area contributed by atoms with Crippen LogP contribution in [0, 0.1) is 18.8 Å². The molecule has 0 spiro atoms. The molecule has 0 unspecified atom stereocenters. The molecule has 0 aliphatic rings. The van der Waals surface area contributed by atoms with Crippen LogP contribution >= 0.6 is 0 Å². The van der Waals surface area contributed by atoms with E-state index in [1.54, 1.807) is 6.92 Å². The van der Waals surface area contributed by atoms with Crippen molar-refractivity contribution >= 4 is 23.6 Å². The number of ketones is 1. The van der Waals surface area contributed by atoms with Gasteiger partial charge in [0.25, 0.3) is 0 Å². The monoisotopic (exact) mass is 376 g/mol. The summed E-state index contributed by atoms with van der Waals surface area (Å²) in [5.74, 6) is -3.45. The van der Waals surface area contributed by atoms with Crippen LogP contribution in [0.15, 0.2) is 24.3 Å². The van der Waals surface area contributed by atoms with Gasteiger partial charge in [-0.15, -0.1) is 0 Å². The molecule has 4 N–H and O–H groups in total. The molecule has 0 aliphatic carbocycles. The topological polar surface area (TPSA) is 127 Å². The van der Waals surface area contributed by atoms with E-state index < -0.39 is 29.6 Å². The second-order valence-corrected chi connectivity index (χ2v) is 7.06. The third-order valence-electron chi connectivity index (χ3n) is 4.46. The van der Waals surface area contributed by atoms with Crippen LogP contribution in [0.4, 0.5) is 0 Å². The van der Waals surface area contributed by atoms with Crippen molar-refractivity contribution in [2.24, 2.45) is 17.6 Å². The summed E-state index contributed by atoms with van der Waals surface area (Å²) in [6, 6.07) is 6.87. The molecule has 1 aromatic carbocycles. The third kappa shape index (κ3) is 8.02. The minimum Gasteiger partial charge on any atom is -0.481 e. The molecule has 0 heterocycles. The number of aliphatic carboxylic acids is 1. The summed E-state index contributed by atoms with van der Waals surface area (Å²) < 4.78 is 0. The number of primary amides is 1. The van der Waals surface area contributed by atoms with E-state index in [-0.39, 0.29) is 31.1 Å². The van der Waals surface area contributed by atoms with Crippen molar-refractivity contribution in [3.63, 3.8) is 0 Å². The lowest BCUT2D eigenvalue weighted by atomic mass is 9.95. The Morgan fingerprint density at radius 3 is 2.19 bits per heavy atom. The van der Waals surface area contributed by atoms with Crippen molar-refractivity contribution in [1.82, 2.24) is 5.32 Å². The van der Waals surface area contributed by atoms with Gasteiger partial charge in [0, 0.05) is 24.7 Å². The summed E-state index contributed by atoms with van der Waals surface area (Å²) >= 11 is 0. The highest BCUT2D eigenvalue weighted by molar-refractivity contribution is 5.92. The van der Waals surface area contributed by atoms with Crippen LogP contribution in [0.2, 0.25) is 0 Å². The van der Waals surface area contributed by atoms with Crippen LogP contribution < -0.4 is 11.1 Å². The number of nitrogens with one attached hydrogen (secondary N) is 1. The fraction of sp³-hybridized carbons (Fsp3) is 0.500. The van der Waals surface area contributed by atoms with E-state index in [1.165, 1.54) is 6.92 Å². The first-order valence-corrected chi connectivity index (χ1v) is 8.99. The molecule has 1 aromatic rings. The number of carbonyl (C=O) groups excluding carboxylic acids is 3. The highest BCUT2D eigenvalue weighted by atomic mass is 16.4. The number of carbonyl (C=O) groups is 4. The van der Waals surface area contributed by atoms with Crippen LogP contribution in [-0.4, -0.2) is 34.7 Å². The molecule has 0 saturated heterocycles. The largest absolute Gasteiger partial charge is 0.481 e. The standard InChI is InChI=1S/C20H28N2O5/c1-12-4-6-15(7-5-12)10-14(3)20(27)22-16(8-9-18(24)25)17(23)11-13(2)19(21)26/h4-7,13-14,16H,8-11H2,1-3H3,(H2,21,26)(H,22,27)(H,24,25)/t13-,14+,16+/m1/s1. The molecule has 27 heavy (non-hydrogen) atoms. The van der Waals surface area contributed by atoms with Gasteiger partial charge in [-0.3, -0.25) is 19.2 Å². The quantitative estimate of drug-likeness (QED) is 0.541. The maximum absolute atomic E-state index is 12.5. The molecular formula is C20H28N2O5. The van der Waals surface area contributed by atoms with E-state index in [9.17, 15) is 19.2 Å². The van der Waals surface area contributed by atoms with Crippen LogP contribution in [0.1, 0.15) is 44.2 Å². The summed E-state index contributed by atoms with van der Waals surface area (Å²) in [5.41, 5.74) is 7.30. The van der Waals surface area contributed by atoms with Crippen LogP contribution in [0.25, 0.3) is 0 Å². The number of carboxylic acids is 1. The van der Waals surface area contributed by atoms with Gasteiger partial charge in [-0.1, -0.05) is 43.7 Å². The first-order chi connectivity index (χ1) is 12.6. The number of aryl methyl sites for hydroxylation is 1. The maximum atomic E-state index is 12.5. The van der Waals surface area contributed by atoms with E-state index in [0.29, 0.717) is 6.42 Å². The smallest absolute Gasteiger partial charge is 0.303 e. The average Bonchev–Trinajstić information content (AvgIpc) is 2.59. The minimum absolute atomic E-state index is 0.0252. The lowest BCUT2D eigenvalue weighted by Crippen LogP contribution is -2.44. The molecule has 7 nitrogen and oxygen atoms in total. The summed E-state index contributed by atoms with van der Waals surface area (Å²) in [7, 11) is 0. The molecule has 0 radical (unpaired) electrons. The molecular weight excluding hydrogens is 348 g/mol. The van der Waals surface area contributed by atoms with Crippen molar-refractivity contribution in [2.45, 2.75) is 52.5 Å². The zero-order valence-corrected chi connectivity index (χ0v) is 16.0. The van der Waals surface area contributed by atoms with E-state index in [4.69, 9.17) is 10.8 Å². The second kappa shape index (κ2) is 10.4. The molecule has 7 heteroatoms. The molecule has 0 aliphatic heterocycles. The number of carboxylic acid groups (broad SMARTS) is 1. The lowest BCUT2D eigenvalue weighted by Gasteiger charge is -2.21. The van der Waals surface area contributed by atoms with Crippen molar-refractivity contribution in [2.75, 3.05) is 0 Å². The van der Waals surface area contributed by atoms with E-state index >= 15 is 0 Å². The summed E-state index contributed by atoms with van der Waals surface area (Å²) in [4.78, 5) is 46.9. The Bertz CT molecular complexity index is 684. The first kappa shape index (κ1) is 22.3. The van der Waals surface area contributed by atoms with Gasteiger partial charge in [-0.25, -0.2) is 0 Å². The van der Waals surface area contributed by atoms with Gasteiger partial charge < -0.3 is 16.2 Å². The maximum Gasteiger partial charge on any atom is 0.303 e. The van der Waals surface area contributed by atoms with Gasteiger partial charge in [-0.2, -0.15) is 0 Å². The number of Topliss-reactive ketones (excluding diaryl/α,β-unsaturated/α-hetero) is 1. The number of hydrogen-bond donors (Lipinski definition) is 3. The Hall–Kier alpha value is -2.70. The Morgan fingerprint density at radius 1 is 1.07 bits per heavy atom. The molecule has 1 rings (SSSR count). The summed E-state index contributed by atoms with van der Waals surface area (Å²) in [6.45, 7) is 5.25. The van der Waals surface area contributed by atoms with Gasteiger partial charge in [0.05, 0.1) is 6.04 Å². The number of benzene rings is 1. The average molecular weight is 376 g/mol. The molecule has 0 aromatic heterocycles. The molecule has 2 amide bonds. The molecule has 3 atom stereocenters. The second-order valence-electron chi connectivity index (χ2n) is 7.06. The van der Waals surface area contributed by atoms with Gasteiger partial charge in [0.1, 0.15) is 0 Å². The molecule has 0 fully saturated rings. The van der Waals surface area contributed by atoms with Crippen molar-refractivity contribution in [1.29, 1.82) is 0 Å². The van der Waals surface area contributed by atoms with Crippen LogP contribution in [-0.2, 0) is 25.6 Å². The van der Waals surface area contributed by atoms with Crippen LogP contribution in [0.5, 0.6) is 0 Å². The summed E-state index contributed by atoms with van der Waals surface area (Å²) in [6.07, 6.45) is 0.0898. The first-order valence-electron chi connectivity index (χ1n) is 8.99. The van der Waals surface area contributed by atoms with Gasteiger partial charge in [-0.05, 0) is 25.3 Å². The zero-order chi connectivity index (χ0) is 20.6. The molecule has 0 saturated carbocycles. The minimum atomic E-state index is -1.06. The van der Waals surface area contributed by atoms with Crippen molar-refractivity contribution in [3.8, 4) is 0 Å². The van der Waals surface area contributed by atoms with Gasteiger partial charge in [0.2, 0.25) is 11.8 Å². The van der Waals surface area contributed by atoms with Gasteiger partial charge in [0.15, 0.2) is 5.78 Å². The molecule has 0 bridgehead atoms. The van der Waals surface area contributed by atoms with E-state index in [0.717, 1.165) is 11.1 Å². The number of amides is 2. The van der Waals surface area contributed by atoms with Crippen molar-refractivity contribution < 1.29 is 24.3 Å². The van der Waals surface area contributed by atoms with Gasteiger partial charge >= 0.3 is 5.97 Å². The Balaban J connectivity index is 2.74. The fourth-order valence-electron chi connectivity index (χ4n) is 2.61. The zero-order valence-electron chi connectivity index (χ0n) is 16.0. The lowest BCUT2D eigenvalue weighted by molar-refractivity contribution is -0.138. The number of rotatable bonds is 11. The highest BCUT2D eigenvalue weighted by Crippen LogP contribution is 2.13. The van der Waals surface area contributed by atoms with Crippen LogP contribution in [0.3, 0.4) is 0 Å². The summed E-state index contributed by atoms with van der Waals surface area (Å²) in [5, 5.41) is 11.5. The third-order valence-corrected chi connectivity index (χ3v) is 4.46. The van der Waals surface area contributed by atoms with E-state index in [2.05, 4.69) is 5.32 Å². The fourth-order valence-corrected chi connectivity index (χ4v) is 2.61. The van der Waals surface area contributed by atoms with Crippen molar-refractivity contribution in [3.05, 3.63) is 35.4 Å². The highest BCUT2D eigenvalue weighted by Gasteiger charge is 2.26. The predicted molar refractivity (Wildman–Crippen MR) is 101 cm³/mol. The Labute approximate surface area is 159 Å². The van der Waals surface area contributed by atoms with E-state index in [1.807, 2.05) is 31.2 Å². The molecule has 148 valence electrons. The number of nitrogens with two attached hydrogens (primary N) is 1. The SMILES string of the molecule is Cc1ccc(C[C@H](C)C(=O)N[C@@H](CCC(=O)O)C(=O)C[C@@H](C)C(N)=O)cc1. The number of hydrogen-bond acceptors (Lipinski definition) is 4. The predicted octanol–water partition coefficient (Wildman–Crippen LogP) is 1.60. The normalized spacial score (nSPS) is 14.0. The Morgan fingerprint density at radius 2 is 1.67 bits per heavy atom. The Kier molecular flexibility index (Phi) is 8.65.